The fourth-order valence-electron chi connectivity index (χ4n) is 1.54. The standard InChI is InChI=1S/C11H22N2O2/c1-8(2)13-11(3,10(12)14)7-15-6-9-4-5-9/h8-9,13H,4-7H2,1-3H3,(H2,12,14). The van der Waals surface area contributed by atoms with Gasteiger partial charge in [0.15, 0.2) is 0 Å². The molecule has 1 rings (SSSR count). The Morgan fingerprint density at radius 3 is 2.60 bits per heavy atom. The molecule has 4 nitrogen and oxygen atoms in total. The lowest BCUT2D eigenvalue weighted by atomic mass is 10.0. The van der Waals surface area contributed by atoms with Gasteiger partial charge in [-0.15, -0.1) is 0 Å². The van der Waals surface area contributed by atoms with Gasteiger partial charge < -0.3 is 10.5 Å². The number of hydrogen-bond acceptors (Lipinski definition) is 3. The average molecular weight is 214 g/mol. The summed E-state index contributed by atoms with van der Waals surface area (Å²) in [7, 11) is 0. The van der Waals surface area contributed by atoms with E-state index in [1.165, 1.54) is 12.8 Å². The van der Waals surface area contributed by atoms with E-state index < -0.39 is 5.54 Å². The van der Waals surface area contributed by atoms with Crippen LogP contribution in [0.4, 0.5) is 0 Å². The SMILES string of the molecule is CC(C)NC(C)(COCC1CC1)C(N)=O. The molecule has 0 aromatic carbocycles. The Labute approximate surface area is 91.5 Å². The van der Waals surface area contributed by atoms with Gasteiger partial charge >= 0.3 is 0 Å². The Balaban J connectivity index is 2.36. The first-order valence-electron chi connectivity index (χ1n) is 5.59. The molecule has 0 aromatic heterocycles. The van der Waals surface area contributed by atoms with Gasteiger partial charge in [0.05, 0.1) is 6.61 Å². The van der Waals surface area contributed by atoms with E-state index in [9.17, 15) is 4.79 Å². The summed E-state index contributed by atoms with van der Waals surface area (Å²) in [6.07, 6.45) is 2.51. The molecule has 3 N–H and O–H groups in total. The summed E-state index contributed by atoms with van der Waals surface area (Å²) in [5.74, 6) is 0.355. The number of nitrogens with one attached hydrogen (secondary N) is 1. The van der Waals surface area contributed by atoms with Gasteiger partial charge in [0, 0.05) is 12.6 Å². The topological polar surface area (TPSA) is 64.3 Å². The second-order valence-electron chi connectivity index (χ2n) is 4.95. The van der Waals surface area contributed by atoms with Gasteiger partial charge in [0.2, 0.25) is 5.91 Å². The average Bonchev–Trinajstić information content (AvgIpc) is 2.86. The highest BCUT2D eigenvalue weighted by Gasteiger charge is 2.32. The van der Waals surface area contributed by atoms with Gasteiger partial charge in [-0.25, -0.2) is 0 Å². The number of ether oxygens (including phenoxy) is 1. The zero-order chi connectivity index (χ0) is 11.5. The van der Waals surface area contributed by atoms with E-state index in [-0.39, 0.29) is 11.9 Å². The number of carbonyl (C=O) groups is 1. The second kappa shape index (κ2) is 4.94. The van der Waals surface area contributed by atoms with Crippen LogP contribution in [-0.4, -0.2) is 30.7 Å². The number of nitrogens with two attached hydrogens (primary N) is 1. The molecule has 4 heteroatoms. The molecular weight excluding hydrogens is 192 g/mol. The predicted molar refractivity (Wildman–Crippen MR) is 59.4 cm³/mol. The third-order valence-electron chi connectivity index (χ3n) is 2.59. The summed E-state index contributed by atoms with van der Waals surface area (Å²) in [6.45, 7) is 6.88. The van der Waals surface area contributed by atoms with Gasteiger partial charge in [-0.05, 0) is 39.5 Å². The first-order chi connectivity index (χ1) is 6.94. The largest absolute Gasteiger partial charge is 0.379 e. The normalized spacial score (nSPS) is 20.3. The van der Waals surface area contributed by atoms with Crippen molar-refractivity contribution in [3.63, 3.8) is 0 Å². The molecule has 0 aromatic rings. The van der Waals surface area contributed by atoms with Crippen molar-refractivity contribution in [1.82, 2.24) is 5.32 Å². The van der Waals surface area contributed by atoms with Crippen molar-refractivity contribution in [3.8, 4) is 0 Å². The quantitative estimate of drug-likeness (QED) is 0.654. The summed E-state index contributed by atoms with van der Waals surface area (Å²) in [4.78, 5) is 11.3. The minimum Gasteiger partial charge on any atom is -0.379 e. The Morgan fingerprint density at radius 2 is 2.20 bits per heavy atom. The Kier molecular flexibility index (Phi) is 4.11. The molecule has 1 aliphatic rings. The second-order valence-corrected chi connectivity index (χ2v) is 4.95. The lowest BCUT2D eigenvalue weighted by Gasteiger charge is -2.29. The van der Waals surface area contributed by atoms with E-state index in [2.05, 4.69) is 5.32 Å². The summed E-state index contributed by atoms with van der Waals surface area (Å²) in [5, 5.41) is 3.15. The number of primary amides is 1. The molecule has 0 bridgehead atoms. The molecule has 0 aliphatic heterocycles. The third-order valence-corrected chi connectivity index (χ3v) is 2.59. The number of carbonyl (C=O) groups excluding carboxylic acids is 1. The van der Waals surface area contributed by atoms with Crippen LogP contribution in [0.5, 0.6) is 0 Å². The van der Waals surface area contributed by atoms with E-state index >= 15 is 0 Å². The van der Waals surface area contributed by atoms with Crippen LogP contribution in [0.2, 0.25) is 0 Å². The minimum atomic E-state index is -0.747. The highest BCUT2D eigenvalue weighted by atomic mass is 16.5. The van der Waals surface area contributed by atoms with Crippen molar-refractivity contribution in [2.75, 3.05) is 13.2 Å². The molecule has 1 atom stereocenters. The van der Waals surface area contributed by atoms with Crippen molar-refractivity contribution in [1.29, 1.82) is 0 Å². The van der Waals surface area contributed by atoms with Crippen LogP contribution in [0.3, 0.4) is 0 Å². The van der Waals surface area contributed by atoms with Gasteiger partial charge in [-0.3, -0.25) is 10.1 Å². The van der Waals surface area contributed by atoms with Crippen LogP contribution in [0.25, 0.3) is 0 Å². The van der Waals surface area contributed by atoms with Crippen molar-refractivity contribution in [3.05, 3.63) is 0 Å². The first kappa shape index (κ1) is 12.5. The Morgan fingerprint density at radius 1 is 1.60 bits per heavy atom. The lowest BCUT2D eigenvalue weighted by molar-refractivity contribution is -0.126. The maximum atomic E-state index is 11.3. The van der Waals surface area contributed by atoms with Crippen LogP contribution < -0.4 is 11.1 Å². The molecule has 0 heterocycles. The summed E-state index contributed by atoms with van der Waals surface area (Å²) < 4.78 is 5.52. The molecule has 1 unspecified atom stereocenters. The molecule has 0 saturated heterocycles. The van der Waals surface area contributed by atoms with Crippen LogP contribution in [0.15, 0.2) is 0 Å². The smallest absolute Gasteiger partial charge is 0.239 e. The molecule has 1 aliphatic carbocycles. The molecule has 0 spiro atoms. The van der Waals surface area contributed by atoms with Crippen LogP contribution in [0.1, 0.15) is 33.6 Å². The first-order valence-corrected chi connectivity index (χ1v) is 5.59. The van der Waals surface area contributed by atoms with Crippen molar-refractivity contribution in [2.24, 2.45) is 11.7 Å². The molecule has 88 valence electrons. The minimum absolute atomic E-state index is 0.215. The summed E-state index contributed by atoms with van der Waals surface area (Å²) in [5.41, 5.74) is 4.62. The number of rotatable bonds is 7. The highest BCUT2D eigenvalue weighted by Crippen LogP contribution is 2.29. The van der Waals surface area contributed by atoms with E-state index in [1.54, 1.807) is 6.92 Å². The van der Waals surface area contributed by atoms with Crippen LogP contribution >= 0.6 is 0 Å². The molecular formula is C11H22N2O2. The van der Waals surface area contributed by atoms with Crippen molar-refractivity contribution >= 4 is 5.91 Å². The zero-order valence-corrected chi connectivity index (χ0v) is 9.88. The monoisotopic (exact) mass is 214 g/mol. The lowest BCUT2D eigenvalue weighted by Crippen LogP contribution is -2.58. The van der Waals surface area contributed by atoms with E-state index in [1.807, 2.05) is 13.8 Å². The maximum Gasteiger partial charge on any atom is 0.239 e. The molecule has 15 heavy (non-hydrogen) atoms. The van der Waals surface area contributed by atoms with E-state index in [0.717, 1.165) is 6.61 Å². The molecule has 1 saturated carbocycles. The summed E-state index contributed by atoms with van der Waals surface area (Å²) in [6, 6.07) is 0.215. The van der Waals surface area contributed by atoms with Crippen molar-refractivity contribution in [2.45, 2.75) is 45.2 Å². The van der Waals surface area contributed by atoms with Gasteiger partial charge in [-0.2, -0.15) is 0 Å². The van der Waals surface area contributed by atoms with Gasteiger partial charge in [0.25, 0.3) is 0 Å². The van der Waals surface area contributed by atoms with E-state index in [0.29, 0.717) is 12.5 Å². The zero-order valence-electron chi connectivity index (χ0n) is 9.88. The number of hydrogen-bond donors (Lipinski definition) is 2. The van der Waals surface area contributed by atoms with Gasteiger partial charge in [0.1, 0.15) is 5.54 Å². The van der Waals surface area contributed by atoms with Crippen LogP contribution in [-0.2, 0) is 9.53 Å². The predicted octanol–water partition coefficient (Wildman–Crippen LogP) is 0.655. The molecule has 0 radical (unpaired) electrons. The third kappa shape index (κ3) is 4.18. The fraction of sp³-hybridized carbons (Fsp3) is 0.909. The van der Waals surface area contributed by atoms with Gasteiger partial charge in [-0.1, -0.05) is 0 Å². The molecule has 1 fully saturated rings. The molecule has 1 amide bonds. The number of amides is 1. The van der Waals surface area contributed by atoms with Crippen LogP contribution in [0, 0.1) is 5.92 Å². The fourth-order valence-corrected chi connectivity index (χ4v) is 1.54. The van der Waals surface area contributed by atoms with Crippen molar-refractivity contribution < 1.29 is 9.53 Å². The maximum absolute atomic E-state index is 11.3. The Bertz CT molecular complexity index is 227. The highest BCUT2D eigenvalue weighted by molar-refractivity contribution is 5.84. The van der Waals surface area contributed by atoms with E-state index in [4.69, 9.17) is 10.5 Å². The summed E-state index contributed by atoms with van der Waals surface area (Å²) >= 11 is 0. The Hall–Kier alpha value is -0.610.